The second-order valence-electron chi connectivity index (χ2n) is 8.68. The van der Waals surface area contributed by atoms with Gasteiger partial charge in [-0.2, -0.15) is 0 Å². The SMILES string of the molecule is CC(C)(c1nocc1COc1ccc(C(=O)Nc2cccc(C(=O)O)c2)c(Cl)c1)c1c(Cl)cccc1Cl. The van der Waals surface area contributed by atoms with Gasteiger partial charge in [0.05, 0.1) is 21.7 Å². The minimum Gasteiger partial charge on any atom is -0.489 e. The number of carboxylic acids is 1. The number of carbonyl (C=O) groups excluding carboxylic acids is 1. The van der Waals surface area contributed by atoms with Gasteiger partial charge in [-0.1, -0.05) is 52.1 Å². The lowest BCUT2D eigenvalue weighted by molar-refractivity contribution is 0.0696. The molecule has 1 heterocycles. The monoisotopic (exact) mass is 558 g/mol. The molecule has 0 saturated carbocycles. The predicted octanol–water partition coefficient (Wildman–Crippen LogP) is 7.49. The molecule has 37 heavy (non-hydrogen) atoms. The molecule has 0 spiro atoms. The van der Waals surface area contributed by atoms with E-state index in [4.69, 9.17) is 49.2 Å². The zero-order valence-corrected chi connectivity index (χ0v) is 22.0. The summed E-state index contributed by atoms with van der Waals surface area (Å²) in [6.45, 7) is 4.00. The van der Waals surface area contributed by atoms with Crippen LogP contribution in [0, 0.1) is 0 Å². The molecule has 0 aliphatic carbocycles. The van der Waals surface area contributed by atoms with Crippen LogP contribution in [0.3, 0.4) is 0 Å². The quantitative estimate of drug-likeness (QED) is 0.232. The summed E-state index contributed by atoms with van der Waals surface area (Å²) in [6.07, 6.45) is 1.50. The lowest BCUT2D eigenvalue weighted by Gasteiger charge is -2.26. The predicted molar refractivity (Wildman–Crippen MR) is 142 cm³/mol. The van der Waals surface area contributed by atoms with Crippen LogP contribution in [0.4, 0.5) is 5.69 Å². The smallest absolute Gasteiger partial charge is 0.335 e. The highest BCUT2D eigenvalue weighted by Gasteiger charge is 2.33. The number of nitrogens with one attached hydrogen (secondary N) is 1. The highest BCUT2D eigenvalue weighted by atomic mass is 35.5. The highest BCUT2D eigenvalue weighted by Crippen LogP contribution is 2.41. The van der Waals surface area contributed by atoms with Gasteiger partial charge in [-0.15, -0.1) is 0 Å². The molecule has 10 heteroatoms. The number of rotatable bonds is 8. The topological polar surface area (TPSA) is 102 Å². The third-order valence-corrected chi connectivity index (χ3v) is 6.71. The van der Waals surface area contributed by atoms with Crippen molar-refractivity contribution < 1.29 is 24.0 Å². The standard InChI is InChI=1S/C27H21Cl3N2O5/c1-27(2,23-20(28)7-4-8-21(23)29)24-16(14-37-32-24)13-36-18-9-10-19(22(30)12-18)25(33)31-17-6-3-5-15(11-17)26(34)35/h3-12,14H,13H2,1-2H3,(H,31,33)(H,34,35). The number of aromatic carboxylic acids is 1. The first kappa shape index (κ1) is 26.5. The van der Waals surface area contributed by atoms with E-state index in [9.17, 15) is 9.59 Å². The Balaban J connectivity index is 1.48. The molecule has 190 valence electrons. The number of benzene rings is 3. The van der Waals surface area contributed by atoms with Crippen molar-refractivity contribution in [3.63, 3.8) is 0 Å². The molecule has 0 radical (unpaired) electrons. The summed E-state index contributed by atoms with van der Waals surface area (Å²) in [4.78, 5) is 23.8. The number of carbonyl (C=O) groups is 2. The van der Waals surface area contributed by atoms with E-state index in [0.717, 1.165) is 5.56 Å². The maximum atomic E-state index is 12.7. The summed E-state index contributed by atoms with van der Waals surface area (Å²) in [7, 11) is 0. The van der Waals surface area contributed by atoms with Gasteiger partial charge < -0.3 is 19.7 Å². The Bertz CT molecular complexity index is 1460. The van der Waals surface area contributed by atoms with Gasteiger partial charge in [0.2, 0.25) is 0 Å². The molecule has 7 nitrogen and oxygen atoms in total. The fraction of sp³-hybridized carbons (Fsp3) is 0.148. The van der Waals surface area contributed by atoms with Gasteiger partial charge in [-0.25, -0.2) is 4.79 Å². The summed E-state index contributed by atoms with van der Waals surface area (Å²) in [5.41, 5.74) is 1.96. The highest BCUT2D eigenvalue weighted by molar-refractivity contribution is 6.36. The summed E-state index contributed by atoms with van der Waals surface area (Å²) >= 11 is 19.2. The van der Waals surface area contributed by atoms with Crippen molar-refractivity contribution in [2.75, 3.05) is 5.32 Å². The van der Waals surface area contributed by atoms with E-state index in [-0.39, 0.29) is 22.8 Å². The van der Waals surface area contributed by atoms with Crippen molar-refractivity contribution >= 4 is 52.4 Å². The Hall–Kier alpha value is -3.52. The molecule has 0 bridgehead atoms. The Kier molecular flexibility index (Phi) is 7.78. The largest absolute Gasteiger partial charge is 0.489 e. The molecule has 4 rings (SSSR count). The Morgan fingerprint density at radius 1 is 1.00 bits per heavy atom. The van der Waals surface area contributed by atoms with Crippen molar-refractivity contribution in [2.45, 2.75) is 25.9 Å². The average Bonchev–Trinajstić information content (AvgIpc) is 3.32. The molecule has 0 saturated heterocycles. The summed E-state index contributed by atoms with van der Waals surface area (Å²) in [5.74, 6) is -1.15. The van der Waals surface area contributed by atoms with Crippen LogP contribution in [0.1, 0.15) is 51.4 Å². The molecular weight excluding hydrogens is 539 g/mol. The van der Waals surface area contributed by atoms with E-state index in [1.54, 1.807) is 30.3 Å². The van der Waals surface area contributed by atoms with Crippen molar-refractivity contribution in [3.8, 4) is 5.75 Å². The van der Waals surface area contributed by atoms with Gasteiger partial charge in [0.25, 0.3) is 5.91 Å². The molecule has 0 fully saturated rings. The molecule has 1 amide bonds. The van der Waals surface area contributed by atoms with Crippen LogP contribution >= 0.6 is 34.8 Å². The van der Waals surface area contributed by atoms with Crippen LogP contribution in [0.25, 0.3) is 0 Å². The minimum absolute atomic E-state index is 0.0562. The van der Waals surface area contributed by atoms with E-state index in [2.05, 4.69) is 10.5 Å². The number of anilines is 1. The van der Waals surface area contributed by atoms with E-state index in [1.165, 1.54) is 36.6 Å². The molecule has 0 atom stereocenters. The van der Waals surface area contributed by atoms with Gasteiger partial charge in [0, 0.05) is 26.7 Å². The van der Waals surface area contributed by atoms with Gasteiger partial charge in [0.15, 0.2) is 0 Å². The van der Waals surface area contributed by atoms with Crippen LogP contribution in [-0.2, 0) is 12.0 Å². The van der Waals surface area contributed by atoms with Crippen LogP contribution in [0.5, 0.6) is 5.75 Å². The molecule has 3 aromatic carbocycles. The lowest BCUT2D eigenvalue weighted by atomic mass is 9.80. The third kappa shape index (κ3) is 5.74. The minimum atomic E-state index is -1.09. The van der Waals surface area contributed by atoms with Crippen LogP contribution in [0.2, 0.25) is 15.1 Å². The normalized spacial score (nSPS) is 11.3. The maximum absolute atomic E-state index is 12.7. The van der Waals surface area contributed by atoms with Crippen LogP contribution in [-0.4, -0.2) is 22.1 Å². The number of hydrogen-bond donors (Lipinski definition) is 2. The number of carboxylic acid groups (broad SMARTS) is 1. The van der Waals surface area contributed by atoms with E-state index in [1.807, 2.05) is 13.8 Å². The van der Waals surface area contributed by atoms with E-state index < -0.39 is 17.3 Å². The number of aromatic nitrogens is 1. The summed E-state index contributed by atoms with van der Waals surface area (Å²) in [6, 6.07) is 15.9. The first-order valence-electron chi connectivity index (χ1n) is 11.0. The number of hydrogen-bond acceptors (Lipinski definition) is 5. The first-order chi connectivity index (χ1) is 17.6. The van der Waals surface area contributed by atoms with Crippen molar-refractivity contribution in [1.29, 1.82) is 0 Å². The number of nitrogens with zero attached hydrogens (tertiary/aromatic N) is 1. The van der Waals surface area contributed by atoms with E-state index >= 15 is 0 Å². The first-order valence-corrected chi connectivity index (χ1v) is 12.2. The Morgan fingerprint density at radius 2 is 1.70 bits per heavy atom. The van der Waals surface area contributed by atoms with Crippen molar-refractivity contribution in [3.05, 3.63) is 110 Å². The second-order valence-corrected chi connectivity index (χ2v) is 9.90. The van der Waals surface area contributed by atoms with E-state index in [0.29, 0.717) is 32.7 Å². The number of amides is 1. The van der Waals surface area contributed by atoms with Crippen molar-refractivity contribution in [1.82, 2.24) is 5.16 Å². The molecule has 1 aromatic heterocycles. The second kappa shape index (κ2) is 10.8. The van der Waals surface area contributed by atoms with Gasteiger partial charge >= 0.3 is 5.97 Å². The molecule has 2 N–H and O–H groups in total. The zero-order valence-electron chi connectivity index (χ0n) is 19.7. The maximum Gasteiger partial charge on any atom is 0.335 e. The van der Waals surface area contributed by atoms with Crippen LogP contribution < -0.4 is 10.1 Å². The summed E-state index contributed by atoms with van der Waals surface area (Å²) < 4.78 is 11.2. The number of halogens is 3. The molecule has 0 unspecified atom stereocenters. The number of ether oxygens (including phenoxy) is 1. The fourth-order valence-corrected chi connectivity index (χ4v) is 5.07. The van der Waals surface area contributed by atoms with Gasteiger partial charge in [-0.3, -0.25) is 4.79 Å². The molecular formula is C27H21Cl3N2O5. The summed E-state index contributed by atoms with van der Waals surface area (Å²) in [5, 5.41) is 17.2. The van der Waals surface area contributed by atoms with Gasteiger partial charge in [0.1, 0.15) is 24.3 Å². The fourth-order valence-electron chi connectivity index (χ4n) is 3.95. The Labute approximate surface area is 227 Å². The lowest BCUT2D eigenvalue weighted by Crippen LogP contribution is -2.22. The zero-order chi connectivity index (χ0) is 26.7. The third-order valence-electron chi connectivity index (χ3n) is 5.77. The van der Waals surface area contributed by atoms with Crippen molar-refractivity contribution in [2.24, 2.45) is 0 Å². The van der Waals surface area contributed by atoms with Gasteiger partial charge in [-0.05, 0) is 62.4 Å². The molecule has 4 aromatic rings. The Morgan fingerprint density at radius 3 is 2.38 bits per heavy atom. The average molecular weight is 560 g/mol. The van der Waals surface area contributed by atoms with Crippen LogP contribution in [0.15, 0.2) is 71.4 Å². The molecule has 0 aliphatic rings. The molecule has 0 aliphatic heterocycles.